The Balaban J connectivity index is 2.84. The summed E-state index contributed by atoms with van der Waals surface area (Å²) in [7, 11) is 0. The number of fused-ring (bicyclic) bond motifs is 1. The van der Waals surface area contributed by atoms with Gasteiger partial charge in [-0.05, 0) is 24.1 Å². The first kappa shape index (κ1) is 8.81. The van der Waals surface area contributed by atoms with Crippen LogP contribution >= 0.6 is 0 Å². The summed E-state index contributed by atoms with van der Waals surface area (Å²) in [5, 5.41) is 0.809. The minimum atomic E-state index is -0.346. The highest BCUT2D eigenvalue weighted by atomic mass is 16.4. The smallest absolute Gasteiger partial charge is 0.336 e. The maximum atomic E-state index is 10.9. The molecule has 14 heavy (non-hydrogen) atoms. The molecule has 3 heteroatoms. The molecule has 0 fully saturated rings. The molecule has 0 radical (unpaired) electrons. The fourth-order valence-electron chi connectivity index (χ4n) is 1.52. The Labute approximate surface area is 81.1 Å². The highest BCUT2D eigenvalue weighted by molar-refractivity contribution is 5.90. The SMILES string of the molecule is CCc1ccc2oc(=O)ccc2c1N. The van der Waals surface area contributed by atoms with E-state index in [4.69, 9.17) is 10.2 Å². The van der Waals surface area contributed by atoms with Crippen LogP contribution in [0, 0.1) is 0 Å². The van der Waals surface area contributed by atoms with E-state index in [2.05, 4.69) is 0 Å². The monoisotopic (exact) mass is 189 g/mol. The average Bonchev–Trinajstić information content (AvgIpc) is 2.18. The Morgan fingerprint density at radius 3 is 2.79 bits per heavy atom. The van der Waals surface area contributed by atoms with Gasteiger partial charge in [0.15, 0.2) is 0 Å². The molecule has 2 aromatic rings. The molecule has 0 aliphatic heterocycles. The lowest BCUT2D eigenvalue weighted by atomic mass is 10.1. The summed E-state index contributed by atoms with van der Waals surface area (Å²) in [5.41, 5.74) is 7.90. The molecule has 1 aromatic carbocycles. The van der Waals surface area contributed by atoms with Gasteiger partial charge in [-0.25, -0.2) is 4.79 Å². The first-order valence-corrected chi connectivity index (χ1v) is 4.53. The lowest BCUT2D eigenvalue weighted by Gasteiger charge is -2.05. The van der Waals surface area contributed by atoms with Gasteiger partial charge in [0, 0.05) is 17.1 Å². The van der Waals surface area contributed by atoms with Crippen molar-refractivity contribution in [2.45, 2.75) is 13.3 Å². The first-order valence-electron chi connectivity index (χ1n) is 4.53. The molecule has 0 saturated heterocycles. The number of benzene rings is 1. The molecule has 0 atom stereocenters. The second-order valence-electron chi connectivity index (χ2n) is 3.16. The lowest BCUT2D eigenvalue weighted by Crippen LogP contribution is -1.98. The summed E-state index contributed by atoms with van der Waals surface area (Å²) in [6.07, 6.45) is 0.876. The van der Waals surface area contributed by atoms with E-state index in [1.807, 2.05) is 13.0 Å². The van der Waals surface area contributed by atoms with Crippen molar-refractivity contribution in [2.24, 2.45) is 0 Å². The molecule has 1 aromatic heterocycles. The highest BCUT2D eigenvalue weighted by Crippen LogP contribution is 2.23. The predicted molar refractivity (Wildman–Crippen MR) is 56.3 cm³/mol. The van der Waals surface area contributed by atoms with Crippen LogP contribution in [0.2, 0.25) is 0 Å². The average molecular weight is 189 g/mol. The summed E-state index contributed by atoms with van der Waals surface area (Å²) >= 11 is 0. The number of aryl methyl sites for hydroxylation is 1. The van der Waals surface area contributed by atoms with Gasteiger partial charge in [0.2, 0.25) is 0 Å². The summed E-state index contributed by atoms with van der Waals surface area (Å²) in [6, 6.07) is 6.76. The van der Waals surface area contributed by atoms with Crippen molar-refractivity contribution in [3.05, 3.63) is 40.2 Å². The fraction of sp³-hybridized carbons (Fsp3) is 0.182. The number of rotatable bonds is 1. The largest absolute Gasteiger partial charge is 0.423 e. The zero-order valence-corrected chi connectivity index (χ0v) is 7.91. The zero-order chi connectivity index (χ0) is 10.1. The quantitative estimate of drug-likeness (QED) is 0.551. The van der Waals surface area contributed by atoms with Crippen LogP contribution in [0.3, 0.4) is 0 Å². The molecule has 0 amide bonds. The molecule has 0 unspecified atom stereocenters. The zero-order valence-electron chi connectivity index (χ0n) is 7.91. The van der Waals surface area contributed by atoms with Crippen LogP contribution in [-0.2, 0) is 6.42 Å². The van der Waals surface area contributed by atoms with Gasteiger partial charge in [-0.2, -0.15) is 0 Å². The van der Waals surface area contributed by atoms with Crippen LogP contribution in [0.25, 0.3) is 11.0 Å². The molecule has 72 valence electrons. The molecule has 2 rings (SSSR count). The van der Waals surface area contributed by atoms with Crippen molar-refractivity contribution >= 4 is 16.7 Å². The Morgan fingerprint density at radius 2 is 2.07 bits per heavy atom. The number of anilines is 1. The van der Waals surface area contributed by atoms with E-state index in [0.717, 1.165) is 17.4 Å². The van der Waals surface area contributed by atoms with E-state index in [1.165, 1.54) is 6.07 Å². The minimum absolute atomic E-state index is 0.346. The number of hydrogen-bond donors (Lipinski definition) is 1. The Kier molecular flexibility index (Phi) is 2.00. The Morgan fingerprint density at radius 1 is 1.29 bits per heavy atom. The van der Waals surface area contributed by atoms with Crippen LogP contribution < -0.4 is 11.4 Å². The third-order valence-corrected chi connectivity index (χ3v) is 2.32. The van der Waals surface area contributed by atoms with Gasteiger partial charge in [0.25, 0.3) is 0 Å². The molecular weight excluding hydrogens is 178 g/mol. The Bertz CT molecular complexity index is 528. The van der Waals surface area contributed by atoms with Gasteiger partial charge in [-0.15, -0.1) is 0 Å². The summed E-state index contributed by atoms with van der Waals surface area (Å²) in [4.78, 5) is 10.9. The molecule has 0 aliphatic carbocycles. The van der Waals surface area contributed by atoms with Crippen LogP contribution in [0.1, 0.15) is 12.5 Å². The second kappa shape index (κ2) is 3.18. The topological polar surface area (TPSA) is 56.2 Å². The third kappa shape index (κ3) is 1.27. The second-order valence-corrected chi connectivity index (χ2v) is 3.16. The van der Waals surface area contributed by atoms with Crippen molar-refractivity contribution < 1.29 is 4.42 Å². The first-order chi connectivity index (χ1) is 6.72. The third-order valence-electron chi connectivity index (χ3n) is 2.32. The molecule has 0 bridgehead atoms. The van der Waals surface area contributed by atoms with Gasteiger partial charge in [0.1, 0.15) is 5.58 Å². The number of nitrogen functional groups attached to an aromatic ring is 1. The van der Waals surface area contributed by atoms with Crippen molar-refractivity contribution in [1.82, 2.24) is 0 Å². The molecule has 2 N–H and O–H groups in total. The summed E-state index contributed by atoms with van der Waals surface area (Å²) in [6.45, 7) is 2.04. The predicted octanol–water partition coefficient (Wildman–Crippen LogP) is 1.94. The Hall–Kier alpha value is -1.77. The van der Waals surface area contributed by atoms with Gasteiger partial charge in [0.05, 0.1) is 0 Å². The van der Waals surface area contributed by atoms with Gasteiger partial charge >= 0.3 is 5.63 Å². The van der Waals surface area contributed by atoms with E-state index in [0.29, 0.717) is 11.3 Å². The van der Waals surface area contributed by atoms with Gasteiger partial charge in [-0.3, -0.25) is 0 Å². The van der Waals surface area contributed by atoms with Crippen molar-refractivity contribution in [3.63, 3.8) is 0 Å². The van der Waals surface area contributed by atoms with E-state index >= 15 is 0 Å². The van der Waals surface area contributed by atoms with E-state index in [-0.39, 0.29) is 5.63 Å². The number of hydrogen-bond acceptors (Lipinski definition) is 3. The maximum Gasteiger partial charge on any atom is 0.336 e. The molecule has 3 nitrogen and oxygen atoms in total. The molecule has 0 spiro atoms. The molecular formula is C11H11NO2. The van der Waals surface area contributed by atoms with Crippen molar-refractivity contribution in [3.8, 4) is 0 Å². The van der Waals surface area contributed by atoms with Gasteiger partial charge in [-0.1, -0.05) is 13.0 Å². The van der Waals surface area contributed by atoms with Crippen LogP contribution in [0.15, 0.2) is 33.5 Å². The van der Waals surface area contributed by atoms with E-state index < -0.39 is 0 Å². The van der Waals surface area contributed by atoms with Crippen LogP contribution in [0.5, 0.6) is 0 Å². The summed E-state index contributed by atoms with van der Waals surface area (Å²) < 4.78 is 5.01. The normalized spacial score (nSPS) is 10.6. The van der Waals surface area contributed by atoms with Crippen LogP contribution in [0.4, 0.5) is 5.69 Å². The van der Waals surface area contributed by atoms with Crippen LogP contribution in [-0.4, -0.2) is 0 Å². The summed E-state index contributed by atoms with van der Waals surface area (Å²) in [5.74, 6) is 0. The van der Waals surface area contributed by atoms with Crippen molar-refractivity contribution in [2.75, 3.05) is 5.73 Å². The van der Waals surface area contributed by atoms with Crippen molar-refractivity contribution in [1.29, 1.82) is 0 Å². The minimum Gasteiger partial charge on any atom is -0.423 e. The van der Waals surface area contributed by atoms with E-state index in [1.54, 1.807) is 12.1 Å². The standard InChI is InChI=1S/C11H11NO2/c1-2-7-3-5-9-8(11(7)12)4-6-10(13)14-9/h3-6H,2,12H2,1H3. The lowest BCUT2D eigenvalue weighted by molar-refractivity contribution is 0.561. The highest BCUT2D eigenvalue weighted by Gasteiger charge is 2.04. The molecule has 0 aliphatic rings. The van der Waals surface area contributed by atoms with E-state index in [9.17, 15) is 4.79 Å². The maximum absolute atomic E-state index is 10.9. The molecule has 1 heterocycles. The fourth-order valence-corrected chi connectivity index (χ4v) is 1.52. The molecule has 0 saturated carbocycles. The number of nitrogens with two attached hydrogens (primary N) is 1. The van der Waals surface area contributed by atoms with Gasteiger partial charge < -0.3 is 10.2 Å².